The largest absolute Gasteiger partial charge is 0.319 e. The lowest BCUT2D eigenvalue weighted by Gasteiger charge is -2.08. The maximum Gasteiger partial charge on any atom is 0.274 e. The van der Waals surface area contributed by atoms with Crippen molar-refractivity contribution in [3.63, 3.8) is 0 Å². The molecule has 0 radical (unpaired) electrons. The van der Waals surface area contributed by atoms with Crippen LogP contribution in [0.3, 0.4) is 0 Å². The number of nitrogens with zero attached hydrogens (tertiary/aromatic N) is 1. The molecule has 0 bridgehead atoms. The number of fused-ring (bicyclic) bond motifs is 1. The van der Waals surface area contributed by atoms with Crippen LogP contribution in [0.2, 0.25) is 5.02 Å². The Morgan fingerprint density at radius 2 is 1.90 bits per heavy atom. The number of para-hydroxylation sites is 1. The number of hydrogen-bond donors (Lipinski definition) is 1. The second kappa shape index (κ2) is 5.54. The van der Waals surface area contributed by atoms with Gasteiger partial charge in [-0.05, 0) is 36.8 Å². The number of carbonyl (C=O) groups excluding carboxylic acids is 1. The van der Waals surface area contributed by atoms with Crippen molar-refractivity contribution in [1.82, 2.24) is 4.98 Å². The number of benzene rings is 2. The van der Waals surface area contributed by atoms with E-state index >= 15 is 0 Å². The van der Waals surface area contributed by atoms with E-state index in [-0.39, 0.29) is 5.91 Å². The molecule has 3 nitrogen and oxygen atoms in total. The van der Waals surface area contributed by atoms with Gasteiger partial charge in [-0.25, -0.2) is 4.98 Å². The zero-order chi connectivity index (χ0) is 14.8. The predicted octanol–water partition coefficient (Wildman–Crippen LogP) is 4.45. The fourth-order valence-electron chi connectivity index (χ4n) is 2.10. The highest BCUT2D eigenvalue weighted by molar-refractivity contribution is 6.34. The van der Waals surface area contributed by atoms with Crippen molar-refractivity contribution < 1.29 is 4.79 Å². The average molecular weight is 297 g/mol. The molecule has 21 heavy (non-hydrogen) atoms. The summed E-state index contributed by atoms with van der Waals surface area (Å²) < 4.78 is 0. The normalized spacial score (nSPS) is 10.6. The Balaban J connectivity index is 1.89. The smallest absolute Gasteiger partial charge is 0.274 e. The summed E-state index contributed by atoms with van der Waals surface area (Å²) in [5.41, 5.74) is 2.79. The van der Waals surface area contributed by atoms with Gasteiger partial charge in [-0.2, -0.15) is 0 Å². The number of aryl methyl sites for hydroxylation is 1. The first-order valence-corrected chi connectivity index (χ1v) is 6.94. The highest BCUT2D eigenvalue weighted by Crippen LogP contribution is 2.23. The van der Waals surface area contributed by atoms with Crippen LogP contribution < -0.4 is 5.32 Å². The maximum absolute atomic E-state index is 12.3. The highest BCUT2D eigenvalue weighted by Gasteiger charge is 2.10. The summed E-state index contributed by atoms with van der Waals surface area (Å²) >= 11 is 6.12. The molecular formula is C17H13ClN2O. The van der Waals surface area contributed by atoms with Gasteiger partial charge in [0.2, 0.25) is 0 Å². The minimum absolute atomic E-state index is 0.272. The van der Waals surface area contributed by atoms with Gasteiger partial charge in [0, 0.05) is 5.39 Å². The lowest BCUT2D eigenvalue weighted by atomic mass is 10.2. The molecule has 3 rings (SSSR count). The second-order valence-corrected chi connectivity index (χ2v) is 5.23. The average Bonchev–Trinajstić information content (AvgIpc) is 2.49. The van der Waals surface area contributed by atoms with E-state index in [1.54, 1.807) is 12.1 Å². The van der Waals surface area contributed by atoms with Gasteiger partial charge in [-0.3, -0.25) is 4.79 Å². The van der Waals surface area contributed by atoms with Gasteiger partial charge >= 0.3 is 0 Å². The van der Waals surface area contributed by atoms with Gasteiger partial charge in [-0.15, -0.1) is 0 Å². The van der Waals surface area contributed by atoms with E-state index in [1.165, 1.54) is 0 Å². The fourth-order valence-corrected chi connectivity index (χ4v) is 2.38. The molecule has 0 saturated carbocycles. The van der Waals surface area contributed by atoms with Crippen molar-refractivity contribution in [3.05, 3.63) is 70.9 Å². The van der Waals surface area contributed by atoms with Crippen molar-refractivity contribution in [3.8, 4) is 0 Å². The lowest BCUT2D eigenvalue weighted by Crippen LogP contribution is -2.14. The summed E-state index contributed by atoms with van der Waals surface area (Å²) in [5, 5.41) is 4.30. The summed E-state index contributed by atoms with van der Waals surface area (Å²) in [7, 11) is 0. The van der Waals surface area contributed by atoms with E-state index in [2.05, 4.69) is 10.3 Å². The number of nitrogens with one attached hydrogen (secondary N) is 1. The third-order valence-electron chi connectivity index (χ3n) is 3.20. The van der Waals surface area contributed by atoms with Crippen LogP contribution >= 0.6 is 11.6 Å². The Morgan fingerprint density at radius 1 is 1.10 bits per heavy atom. The Hall–Kier alpha value is -2.39. The lowest BCUT2D eigenvalue weighted by molar-refractivity contribution is 0.102. The molecule has 0 aliphatic heterocycles. The van der Waals surface area contributed by atoms with E-state index in [1.807, 2.05) is 49.4 Å². The van der Waals surface area contributed by atoms with Crippen LogP contribution in [0.4, 0.5) is 5.69 Å². The number of amides is 1. The van der Waals surface area contributed by atoms with E-state index in [9.17, 15) is 4.79 Å². The van der Waals surface area contributed by atoms with Gasteiger partial charge < -0.3 is 5.32 Å². The summed E-state index contributed by atoms with van der Waals surface area (Å²) in [4.78, 5) is 16.6. The molecule has 1 heterocycles. The Labute approximate surface area is 127 Å². The van der Waals surface area contributed by atoms with Crippen molar-refractivity contribution in [2.75, 3.05) is 5.32 Å². The first-order chi connectivity index (χ1) is 10.1. The van der Waals surface area contributed by atoms with Gasteiger partial charge in [0.1, 0.15) is 5.69 Å². The summed E-state index contributed by atoms with van der Waals surface area (Å²) in [5.74, 6) is -0.272. The Bertz CT molecular complexity index is 830. The Morgan fingerprint density at radius 3 is 2.71 bits per heavy atom. The Kier molecular flexibility index (Phi) is 3.59. The molecule has 2 aromatic carbocycles. The molecule has 0 saturated heterocycles. The van der Waals surface area contributed by atoms with Crippen molar-refractivity contribution in [1.29, 1.82) is 0 Å². The SMILES string of the molecule is Cc1ccc(NC(=O)c2ccc3ccccc3n2)c(Cl)c1. The molecular weight excluding hydrogens is 284 g/mol. The van der Waals surface area contributed by atoms with Crippen LogP contribution in [-0.2, 0) is 0 Å². The number of anilines is 1. The monoisotopic (exact) mass is 296 g/mol. The van der Waals surface area contributed by atoms with E-state index < -0.39 is 0 Å². The van der Waals surface area contributed by atoms with Crippen molar-refractivity contribution in [2.24, 2.45) is 0 Å². The number of halogens is 1. The minimum Gasteiger partial charge on any atom is -0.319 e. The molecule has 0 atom stereocenters. The van der Waals surface area contributed by atoms with Crippen LogP contribution in [0.1, 0.15) is 16.1 Å². The molecule has 1 amide bonds. The van der Waals surface area contributed by atoms with Crippen LogP contribution in [0, 0.1) is 6.92 Å². The molecule has 0 aliphatic carbocycles. The first-order valence-electron chi connectivity index (χ1n) is 6.57. The number of pyridine rings is 1. The van der Waals surface area contributed by atoms with Crippen LogP contribution in [0.25, 0.3) is 10.9 Å². The maximum atomic E-state index is 12.3. The van der Waals surface area contributed by atoms with Crippen molar-refractivity contribution >= 4 is 34.1 Å². The van der Waals surface area contributed by atoms with Crippen molar-refractivity contribution in [2.45, 2.75) is 6.92 Å². The third-order valence-corrected chi connectivity index (χ3v) is 3.52. The molecule has 1 N–H and O–H groups in total. The number of rotatable bonds is 2. The summed E-state index contributed by atoms with van der Waals surface area (Å²) in [6.07, 6.45) is 0. The number of hydrogen-bond acceptors (Lipinski definition) is 2. The molecule has 3 aromatic rings. The highest BCUT2D eigenvalue weighted by atomic mass is 35.5. The first kappa shape index (κ1) is 13.6. The van der Waals surface area contributed by atoms with E-state index in [0.29, 0.717) is 16.4 Å². The zero-order valence-electron chi connectivity index (χ0n) is 11.4. The molecule has 0 fully saturated rings. The zero-order valence-corrected chi connectivity index (χ0v) is 12.2. The number of carbonyl (C=O) groups is 1. The van der Waals surface area contributed by atoms with E-state index in [4.69, 9.17) is 11.6 Å². The second-order valence-electron chi connectivity index (χ2n) is 4.83. The van der Waals surface area contributed by atoms with Crippen LogP contribution in [0.15, 0.2) is 54.6 Å². The predicted molar refractivity (Wildman–Crippen MR) is 85.9 cm³/mol. The van der Waals surface area contributed by atoms with Crippen LogP contribution in [-0.4, -0.2) is 10.9 Å². The van der Waals surface area contributed by atoms with Crippen LogP contribution in [0.5, 0.6) is 0 Å². The topological polar surface area (TPSA) is 42.0 Å². The van der Waals surface area contributed by atoms with E-state index in [0.717, 1.165) is 16.5 Å². The summed E-state index contributed by atoms with van der Waals surface area (Å²) in [6.45, 7) is 1.95. The van der Waals surface area contributed by atoms with Gasteiger partial charge in [0.15, 0.2) is 0 Å². The van der Waals surface area contributed by atoms with Gasteiger partial charge in [0.25, 0.3) is 5.91 Å². The third kappa shape index (κ3) is 2.88. The molecule has 4 heteroatoms. The minimum atomic E-state index is -0.272. The van der Waals surface area contributed by atoms with Gasteiger partial charge in [0.05, 0.1) is 16.2 Å². The molecule has 0 spiro atoms. The van der Waals surface area contributed by atoms with Gasteiger partial charge in [-0.1, -0.05) is 41.9 Å². The molecule has 1 aromatic heterocycles. The fraction of sp³-hybridized carbons (Fsp3) is 0.0588. The standard InChI is InChI=1S/C17H13ClN2O/c1-11-6-8-15(13(18)10-11)20-17(21)16-9-7-12-4-2-3-5-14(12)19-16/h2-10H,1H3,(H,20,21). The molecule has 0 aliphatic rings. The molecule has 0 unspecified atom stereocenters. The molecule has 104 valence electrons. The summed E-state index contributed by atoms with van der Waals surface area (Å²) in [6, 6.07) is 16.8. The number of aromatic nitrogens is 1. The quantitative estimate of drug-likeness (QED) is 0.759.